The summed E-state index contributed by atoms with van der Waals surface area (Å²) in [7, 11) is 0. The average Bonchev–Trinajstić information content (AvgIpc) is 3.08. The zero-order valence-electron chi connectivity index (χ0n) is 15.5. The molecule has 0 saturated carbocycles. The third kappa shape index (κ3) is 3.08. The molecule has 1 fully saturated rings. The van der Waals surface area contributed by atoms with Crippen LogP contribution in [0.2, 0.25) is 0 Å². The summed E-state index contributed by atoms with van der Waals surface area (Å²) in [5.74, 6) is 0.0266. The van der Waals surface area contributed by atoms with Gasteiger partial charge in [0.25, 0.3) is 0 Å². The second kappa shape index (κ2) is 6.48. The van der Waals surface area contributed by atoms with Crippen molar-refractivity contribution >= 4 is 17.2 Å². The van der Waals surface area contributed by atoms with Crippen molar-refractivity contribution in [1.29, 1.82) is 0 Å². The van der Waals surface area contributed by atoms with Gasteiger partial charge in [0, 0.05) is 29.3 Å². The molecule has 1 amide bonds. The van der Waals surface area contributed by atoms with Crippen molar-refractivity contribution in [3.8, 4) is 10.4 Å². The van der Waals surface area contributed by atoms with E-state index in [9.17, 15) is 4.79 Å². The van der Waals surface area contributed by atoms with Crippen molar-refractivity contribution in [3.63, 3.8) is 0 Å². The minimum absolute atomic E-state index is 0.0266. The normalized spacial score (nSPS) is 19.4. The number of ether oxygens (including phenoxy) is 1. The SMILES string of the molecule is CC(C)(N)C(=O)N1CCC2(CC1)OCCc1sc(-c3ccccc3)cc12. The molecule has 4 nitrogen and oxygen atoms in total. The highest BCUT2D eigenvalue weighted by atomic mass is 32.1. The number of nitrogens with two attached hydrogens (primary N) is 1. The number of benzene rings is 1. The predicted molar refractivity (Wildman–Crippen MR) is 105 cm³/mol. The molecule has 0 aliphatic carbocycles. The van der Waals surface area contributed by atoms with E-state index in [1.165, 1.54) is 20.9 Å². The molecule has 3 heterocycles. The first kappa shape index (κ1) is 17.7. The van der Waals surface area contributed by atoms with E-state index in [0.29, 0.717) is 13.1 Å². The summed E-state index contributed by atoms with van der Waals surface area (Å²) in [4.78, 5) is 17.1. The number of fused-ring (bicyclic) bond motifs is 2. The van der Waals surface area contributed by atoms with Gasteiger partial charge >= 0.3 is 0 Å². The van der Waals surface area contributed by atoms with Gasteiger partial charge in [0.15, 0.2) is 0 Å². The van der Waals surface area contributed by atoms with Gasteiger partial charge in [-0.15, -0.1) is 11.3 Å². The van der Waals surface area contributed by atoms with Crippen molar-refractivity contribution in [1.82, 2.24) is 4.90 Å². The lowest BCUT2D eigenvalue weighted by molar-refractivity contribution is -0.144. The topological polar surface area (TPSA) is 55.6 Å². The lowest BCUT2D eigenvalue weighted by Gasteiger charge is -2.45. The third-order valence-electron chi connectivity index (χ3n) is 5.48. The molecule has 1 spiro atoms. The molecule has 0 atom stereocenters. The van der Waals surface area contributed by atoms with Crippen LogP contribution in [-0.2, 0) is 21.6 Å². The fourth-order valence-corrected chi connectivity index (χ4v) is 5.29. The maximum absolute atomic E-state index is 12.5. The van der Waals surface area contributed by atoms with Crippen molar-refractivity contribution in [2.24, 2.45) is 5.73 Å². The van der Waals surface area contributed by atoms with Gasteiger partial charge in [-0.3, -0.25) is 4.79 Å². The summed E-state index contributed by atoms with van der Waals surface area (Å²) < 4.78 is 6.33. The molecular weight excluding hydrogens is 344 g/mol. The molecular formula is C21H26N2O2S. The Kier molecular flexibility index (Phi) is 4.41. The first-order valence-corrected chi connectivity index (χ1v) is 10.1. The third-order valence-corrected chi connectivity index (χ3v) is 6.72. The molecule has 4 rings (SSSR count). The minimum atomic E-state index is -0.814. The van der Waals surface area contributed by atoms with Crippen molar-refractivity contribution in [2.75, 3.05) is 19.7 Å². The van der Waals surface area contributed by atoms with E-state index < -0.39 is 5.54 Å². The maximum atomic E-state index is 12.5. The summed E-state index contributed by atoms with van der Waals surface area (Å²) in [5, 5.41) is 0. The number of hydrogen-bond acceptors (Lipinski definition) is 4. The number of carbonyl (C=O) groups excluding carboxylic acids is 1. The molecule has 1 saturated heterocycles. The van der Waals surface area contributed by atoms with Crippen LogP contribution in [0.4, 0.5) is 0 Å². The standard InChI is InChI=1S/C21H26N2O2S/c1-20(2,22)19(24)23-11-9-21(10-12-23)16-14-18(15-6-4-3-5-7-15)26-17(16)8-13-25-21/h3-7,14H,8-13,22H2,1-2H3. The Morgan fingerprint density at radius 3 is 2.58 bits per heavy atom. The van der Waals surface area contributed by atoms with Gasteiger partial charge in [-0.1, -0.05) is 30.3 Å². The highest BCUT2D eigenvalue weighted by molar-refractivity contribution is 7.15. The van der Waals surface area contributed by atoms with Crippen LogP contribution in [-0.4, -0.2) is 36.0 Å². The Bertz CT molecular complexity index is 799. The van der Waals surface area contributed by atoms with E-state index in [4.69, 9.17) is 10.5 Å². The van der Waals surface area contributed by atoms with Crippen LogP contribution < -0.4 is 5.73 Å². The van der Waals surface area contributed by atoms with Crippen molar-refractivity contribution in [3.05, 3.63) is 46.8 Å². The number of thiophene rings is 1. The van der Waals surface area contributed by atoms with Gasteiger partial charge in [0.05, 0.1) is 17.7 Å². The van der Waals surface area contributed by atoms with Crippen molar-refractivity contribution < 1.29 is 9.53 Å². The summed E-state index contributed by atoms with van der Waals surface area (Å²) >= 11 is 1.89. The minimum Gasteiger partial charge on any atom is -0.370 e. The molecule has 0 unspecified atom stereocenters. The van der Waals surface area contributed by atoms with E-state index >= 15 is 0 Å². The van der Waals surface area contributed by atoms with Crippen LogP contribution in [0.25, 0.3) is 10.4 Å². The molecule has 138 valence electrons. The van der Waals surface area contributed by atoms with Gasteiger partial charge in [-0.05, 0) is 43.9 Å². The predicted octanol–water partition coefficient (Wildman–Crippen LogP) is 3.54. The van der Waals surface area contributed by atoms with Gasteiger partial charge < -0.3 is 15.4 Å². The second-order valence-corrected chi connectivity index (χ2v) is 9.06. The van der Waals surface area contributed by atoms with Gasteiger partial charge in [-0.2, -0.15) is 0 Å². The van der Waals surface area contributed by atoms with Crippen LogP contribution >= 0.6 is 11.3 Å². The summed E-state index contributed by atoms with van der Waals surface area (Å²) in [6.07, 6.45) is 2.66. The highest BCUT2D eigenvalue weighted by Gasteiger charge is 2.44. The fourth-order valence-electron chi connectivity index (χ4n) is 4.05. The molecule has 2 N–H and O–H groups in total. The Labute approximate surface area is 159 Å². The number of piperidine rings is 1. The molecule has 0 radical (unpaired) electrons. The number of likely N-dealkylation sites (tertiary alicyclic amines) is 1. The van der Waals surface area contributed by atoms with E-state index in [2.05, 4.69) is 30.3 Å². The molecule has 26 heavy (non-hydrogen) atoms. The number of hydrogen-bond donors (Lipinski definition) is 1. The highest BCUT2D eigenvalue weighted by Crippen LogP contribution is 2.46. The lowest BCUT2D eigenvalue weighted by atomic mass is 9.81. The first-order valence-electron chi connectivity index (χ1n) is 9.30. The van der Waals surface area contributed by atoms with E-state index in [-0.39, 0.29) is 11.5 Å². The van der Waals surface area contributed by atoms with E-state index in [1.54, 1.807) is 13.8 Å². The smallest absolute Gasteiger partial charge is 0.242 e. The largest absolute Gasteiger partial charge is 0.370 e. The van der Waals surface area contributed by atoms with Crippen LogP contribution in [0.3, 0.4) is 0 Å². The number of rotatable bonds is 2. The Balaban J connectivity index is 1.59. The number of nitrogens with zero attached hydrogens (tertiary/aromatic N) is 1. The summed E-state index contributed by atoms with van der Waals surface area (Å²) in [6, 6.07) is 12.9. The molecule has 2 aliphatic heterocycles. The van der Waals surface area contributed by atoms with Crippen LogP contribution in [0.5, 0.6) is 0 Å². The number of amides is 1. The average molecular weight is 371 g/mol. The molecule has 1 aromatic heterocycles. The second-order valence-electron chi connectivity index (χ2n) is 7.92. The summed E-state index contributed by atoms with van der Waals surface area (Å²) in [6.45, 7) is 5.72. The Morgan fingerprint density at radius 1 is 1.23 bits per heavy atom. The monoisotopic (exact) mass is 370 g/mol. The lowest BCUT2D eigenvalue weighted by Crippen LogP contribution is -2.55. The van der Waals surface area contributed by atoms with Gasteiger partial charge in [-0.25, -0.2) is 0 Å². The van der Waals surface area contributed by atoms with Crippen LogP contribution in [0, 0.1) is 0 Å². The molecule has 1 aromatic carbocycles. The summed E-state index contributed by atoms with van der Waals surface area (Å²) in [5.41, 5.74) is 7.55. The van der Waals surface area contributed by atoms with Crippen LogP contribution in [0.15, 0.2) is 36.4 Å². The van der Waals surface area contributed by atoms with Gasteiger partial charge in [0.2, 0.25) is 5.91 Å². The zero-order chi connectivity index (χ0) is 18.4. The molecule has 2 aromatic rings. The fraction of sp³-hybridized carbons (Fsp3) is 0.476. The van der Waals surface area contributed by atoms with E-state index in [0.717, 1.165) is 25.9 Å². The molecule has 5 heteroatoms. The van der Waals surface area contributed by atoms with E-state index in [1.807, 2.05) is 22.3 Å². The van der Waals surface area contributed by atoms with Crippen molar-refractivity contribution in [2.45, 2.75) is 44.2 Å². The first-order chi connectivity index (χ1) is 12.4. The van der Waals surface area contributed by atoms with Gasteiger partial charge in [0.1, 0.15) is 0 Å². The van der Waals surface area contributed by atoms with Crippen LogP contribution in [0.1, 0.15) is 37.1 Å². The Morgan fingerprint density at radius 2 is 1.92 bits per heavy atom. The Hall–Kier alpha value is -1.69. The zero-order valence-corrected chi connectivity index (χ0v) is 16.3. The molecule has 2 aliphatic rings. The number of carbonyl (C=O) groups is 1. The quantitative estimate of drug-likeness (QED) is 0.880. The molecule has 0 bridgehead atoms. The maximum Gasteiger partial charge on any atom is 0.242 e.